The van der Waals surface area contributed by atoms with Gasteiger partial charge >= 0.3 is 6.61 Å². The molecule has 0 bridgehead atoms. The van der Waals surface area contributed by atoms with Gasteiger partial charge in [0.05, 0.1) is 10.6 Å². The molecular formula is C22H21F2NO3S. The summed E-state index contributed by atoms with van der Waals surface area (Å²) in [5, 5.41) is 4.49. The normalized spacial score (nSPS) is 10.8. The monoisotopic (exact) mass is 417 g/mol. The molecule has 29 heavy (non-hydrogen) atoms. The summed E-state index contributed by atoms with van der Waals surface area (Å²) in [5.41, 5.74) is 4.08. The maximum atomic E-state index is 12.6. The van der Waals surface area contributed by atoms with Gasteiger partial charge in [-0.2, -0.15) is 8.78 Å². The lowest BCUT2D eigenvalue weighted by Crippen LogP contribution is -2.13. The molecule has 0 fully saturated rings. The first-order valence-electron chi connectivity index (χ1n) is 8.96. The molecule has 0 aliphatic carbocycles. The Morgan fingerprint density at radius 2 is 1.72 bits per heavy atom. The number of rotatable bonds is 7. The molecule has 0 aliphatic rings. The summed E-state index contributed by atoms with van der Waals surface area (Å²) < 4.78 is 35.5. The SMILES string of the molecule is Cc1ccc(OCc2csc(C(=O)Nc3cc(C)ccc3OC(F)F)c2)c(C)c1. The van der Waals surface area contributed by atoms with Crippen molar-refractivity contribution >= 4 is 22.9 Å². The van der Waals surface area contributed by atoms with E-state index in [4.69, 9.17) is 4.74 Å². The van der Waals surface area contributed by atoms with Crippen molar-refractivity contribution in [2.45, 2.75) is 34.0 Å². The first-order valence-corrected chi connectivity index (χ1v) is 9.84. The Morgan fingerprint density at radius 1 is 1.03 bits per heavy atom. The number of carbonyl (C=O) groups excluding carboxylic acids is 1. The van der Waals surface area contributed by atoms with Gasteiger partial charge in [-0.3, -0.25) is 4.79 Å². The molecule has 0 spiro atoms. The van der Waals surface area contributed by atoms with Crippen molar-refractivity contribution in [2.75, 3.05) is 5.32 Å². The fourth-order valence-electron chi connectivity index (χ4n) is 2.82. The van der Waals surface area contributed by atoms with Gasteiger partial charge in [-0.25, -0.2) is 0 Å². The third-order valence-corrected chi connectivity index (χ3v) is 5.18. The Kier molecular flexibility index (Phi) is 6.49. The second-order valence-corrected chi connectivity index (χ2v) is 7.62. The lowest BCUT2D eigenvalue weighted by atomic mass is 10.1. The maximum absolute atomic E-state index is 12.6. The zero-order valence-corrected chi connectivity index (χ0v) is 17.1. The molecule has 1 heterocycles. The van der Waals surface area contributed by atoms with Gasteiger partial charge < -0.3 is 14.8 Å². The minimum absolute atomic E-state index is 0.0751. The number of hydrogen-bond acceptors (Lipinski definition) is 4. The summed E-state index contributed by atoms with van der Waals surface area (Å²) in [6.45, 7) is 3.17. The highest BCUT2D eigenvalue weighted by molar-refractivity contribution is 7.12. The number of anilines is 1. The Balaban J connectivity index is 1.67. The topological polar surface area (TPSA) is 47.6 Å². The predicted molar refractivity (Wildman–Crippen MR) is 110 cm³/mol. The molecule has 152 valence electrons. The van der Waals surface area contributed by atoms with Crippen LogP contribution < -0.4 is 14.8 Å². The quantitative estimate of drug-likeness (QED) is 0.505. The highest BCUT2D eigenvalue weighted by Crippen LogP contribution is 2.29. The molecule has 1 N–H and O–H groups in total. The average molecular weight is 417 g/mol. The third-order valence-electron chi connectivity index (χ3n) is 4.20. The number of ether oxygens (including phenoxy) is 2. The van der Waals surface area contributed by atoms with E-state index in [2.05, 4.69) is 10.1 Å². The van der Waals surface area contributed by atoms with Crippen LogP contribution in [0.2, 0.25) is 0 Å². The zero-order chi connectivity index (χ0) is 21.0. The van der Waals surface area contributed by atoms with Gasteiger partial charge in [0.15, 0.2) is 0 Å². The lowest BCUT2D eigenvalue weighted by molar-refractivity contribution is -0.0493. The molecule has 3 aromatic rings. The van der Waals surface area contributed by atoms with Gasteiger partial charge in [-0.1, -0.05) is 23.8 Å². The number of amides is 1. The van der Waals surface area contributed by atoms with E-state index < -0.39 is 12.5 Å². The summed E-state index contributed by atoms with van der Waals surface area (Å²) in [5.74, 6) is 0.327. The third kappa shape index (κ3) is 5.54. The summed E-state index contributed by atoms with van der Waals surface area (Å²) in [7, 11) is 0. The zero-order valence-electron chi connectivity index (χ0n) is 16.3. The number of halogens is 2. The van der Waals surface area contributed by atoms with E-state index in [-0.39, 0.29) is 11.4 Å². The summed E-state index contributed by atoms with van der Waals surface area (Å²) in [6, 6.07) is 12.3. The molecule has 0 radical (unpaired) electrons. The van der Waals surface area contributed by atoms with Crippen molar-refractivity contribution in [1.29, 1.82) is 0 Å². The molecule has 0 aliphatic heterocycles. The van der Waals surface area contributed by atoms with Gasteiger partial charge in [0, 0.05) is 5.56 Å². The van der Waals surface area contributed by atoms with Crippen LogP contribution in [0, 0.1) is 20.8 Å². The van der Waals surface area contributed by atoms with Crippen molar-refractivity contribution in [3.05, 3.63) is 75.0 Å². The van der Waals surface area contributed by atoms with E-state index in [1.165, 1.54) is 17.4 Å². The highest BCUT2D eigenvalue weighted by atomic mass is 32.1. The Labute approximate surface area is 172 Å². The average Bonchev–Trinajstić information content (AvgIpc) is 3.12. The van der Waals surface area contributed by atoms with Crippen molar-refractivity contribution in [3.8, 4) is 11.5 Å². The fraction of sp³-hybridized carbons (Fsp3) is 0.227. The molecular weight excluding hydrogens is 396 g/mol. The smallest absolute Gasteiger partial charge is 0.387 e. The molecule has 3 rings (SSSR count). The number of carbonyl (C=O) groups is 1. The molecule has 0 saturated heterocycles. The molecule has 1 amide bonds. The van der Waals surface area contributed by atoms with Gasteiger partial charge in [0.1, 0.15) is 18.1 Å². The van der Waals surface area contributed by atoms with Crippen LogP contribution in [0.5, 0.6) is 11.5 Å². The summed E-state index contributed by atoms with van der Waals surface area (Å²) in [4.78, 5) is 13.0. The van der Waals surface area contributed by atoms with E-state index in [0.717, 1.165) is 28.0 Å². The number of aryl methyl sites for hydroxylation is 3. The number of benzene rings is 2. The molecule has 7 heteroatoms. The highest BCUT2D eigenvalue weighted by Gasteiger charge is 2.15. The van der Waals surface area contributed by atoms with Gasteiger partial charge in [0.2, 0.25) is 0 Å². The Hall–Kier alpha value is -2.93. The number of nitrogens with one attached hydrogen (secondary N) is 1. The molecule has 2 aromatic carbocycles. The van der Waals surface area contributed by atoms with Crippen LogP contribution in [-0.4, -0.2) is 12.5 Å². The van der Waals surface area contributed by atoms with Crippen LogP contribution >= 0.6 is 11.3 Å². The van der Waals surface area contributed by atoms with Crippen LogP contribution in [0.1, 0.15) is 31.9 Å². The van der Waals surface area contributed by atoms with E-state index in [1.54, 1.807) is 25.1 Å². The summed E-state index contributed by atoms with van der Waals surface area (Å²) in [6.07, 6.45) is 0. The minimum Gasteiger partial charge on any atom is -0.489 e. The molecule has 4 nitrogen and oxygen atoms in total. The van der Waals surface area contributed by atoms with Crippen LogP contribution in [0.3, 0.4) is 0 Å². The molecule has 0 unspecified atom stereocenters. The number of thiophene rings is 1. The molecule has 1 aromatic heterocycles. The standard InChI is InChI=1S/C22H21F2NO3S/c1-13-4-6-18(15(3)8-13)27-11-16-10-20(29-12-16)21(26)25-17-9-14(2)5-7-19(17)28-22(23)24/h4-10,12,22H,11H2,1-3H3,(H,25,26). The molecule has 0 atom stereocenters. The fourth-order valence-corrected chi connectivity index (χ4v) is 3.61. The largest absolute Gasteiger partial charge is 0.489 e. The van der Waals surface area contributed by atoms with Crippen LogP contribution in [-0.2, 0) is 6.61 Å². The van der Waals surface area contributed by atoms with Crippen LogP contribution in [0.4, 0.5) is 14.5 Å². The van der Waals surface area contributed by atoms with E-state index in [1.807, 2.05) is 37.4 Å². The second-order valence-electron chi connectivity index (χ2n) is 6.71. The Bertz CT molecular complexity index is 1020. The van der Waals surface area contributed by atoms with Crippen LogP contribution in [0.15, 0.2) is 47.8 Å². The van der Waals surface area contributed by atoms with Gasteiger partial charge in [-0.15, -0.1) is 11.3 Å². The van der Waals surface area contributed by atoms with Crippen LogP contribution in [0.25, 0.3) is 0 Å². The first-order chi connectivity index (χ1) is 13.8. The minimum atomic E-state index is -2.97. The number of alkyl halides is 2. The maximum Gasteiger partial charge on any atom is 0.387 e. The lowest BCUT2D eigenvalue weighted by Gasteiger charge is -2.12. The molecule has 0 saturated carbocycles. The van der Waals surface area contributed by atoms with E-state index >= 15 is 0 Å². The summed E-state index contributed by atoms with van der Waals surface area (Å²) >= 11 is 1.26. The van der Waals surface area contributed by atoms with Crippen molar-refractivity contribution in [2.24, 2.45) is 0 Å². The number of hydrogen-bond donors (Lipinski definition) is 1. The van der Waals surface area contributed by atoms with Crippen molar-refractivity contribution in [3.63, 3.8) is 0 Å². The van der Waals surface area contributed by atoms with Crippen molar-refractivity contribution < 1.29 is 23.0 Å². The van der Waals surface area contributed by atoms with Gasteiger partial charge in [-0.05, 0) is 61.5 Å². The van der Waals surface area contributed by atoms with Crippen molar-refractivity contribution in [1.82, 2.24) is 0 Å². The Morgan fingerprint density at radius 3 is 2.41 bits per heavy atom. The van der Waals surface area contributed by atoms with E-state index in [0.29, 0.717) is 11.5 Å². The van der Waals surface area contributed by atoms with E-state index in [9.17, 15) is 13.6 Å². The predicted octanol–water partition coefficient (Wildman–Crippen LogP) is 6.11. The second kappa shape index (κ2) is 9.05. The first kappa shape index (κ1) is 20.8. The van der Waals surface area contributed by atoms with Gasteiger partial charge in [0.25, 0.3) is 5.91 Å².